The summed E-state index contributed by atoms with van der Waals surface area (Å²) in [6.45, 7) is -0.173. The van der Waals surface area contributed by atoms with E-state index < -0.39 is 23.4 Å². The molecule has 3 aromatic carbocycles. The predicted molar refractivity (Wildman–Crippen MR) is 108 cm³/mol. The Balaban J connectivity index is 1.75. The van der Waals surface area contributed by atoms with Crippen LogP contribution >= 0.6 is 11.8 Å². The molecular formula is C23H15F2NO2S. The largest absolute Gasteiger partial charge is 0.269 e. The molecule has 0 aliphatic carbocycles. The Bertz CT molecular complexity index is 1110. The summed E-state index contributed by atoms with van der Waals surface area (Å²) in [5.74, 6) is -1.94. The van der Waals surface area contributed by atoms with E-state index in [1.54, 1.807) is 12.1 Å². The molecule has 6 heteroatoms. The van der Waals surface area contributed by atoms with E-state index in [9.17, 15) is 18.4 Å². The van der Waals surface area contributed by atoms with E-state index in [0.717, 1.165) is 9.80 Å². The van der Waals surface area contributed by atoms with E-state index in [0.29, 0.717) is 5.56 Å². The van der Waals surface area contributed by atoms with Crippen molar-refractivity contribution in [3.8, 4) is 0 Å². The molecule has 3 aromatic rings. The lowest BCUT2D eigenvalue weighted by Crippen LogP contribution is -2.31. The number of benzene rings is 3. The van der Waals surface area contributed by atoms with Gasteiger partial charge in [-0.3, -0.25) is 14.5 Å². The standard InChI is InChI=1S/C23H15F2NO2S/c24-17-12-10-15(11-13-17)20-21(29-18-7-2-1-3-8-18)23(28)26(22(20)27)14-16-6-4-5-9-19(16)25/h1-13H,14H2. The van der Waals surface area contributed by atoms with Crippen molar-refractivity contribution in [1.29, 1.82) is 0 Å². The topological polar surface area (TPSA) is 37.4 Å². The van der Waals surface area contributed by atoms with Crippen molar-refractivity contribution < 1.29 is 18.4 Å². The molecule has 0 N–H and O–H groups in total. The minimum atomic E-state index is -0.525. The molecule has 0 fully saturated rings. The first-order valence-corrected chi connectivity index (χ1v) is 9.69. The molecule has 0 radical (unpaired) electrons. The number of thioether (sulfide) groups is 1. The highest BCUT2D eigenvalue weighted by atomic mass is 32.2. The molecule has 0 unspecified atom stereocenters. The van der Waals surface area contributed by atoms with Crippen molar-refractivity contribution in [1.82, 2.24) is 4.90 Å². The van der Waals surface area contributed by atoms with Gasteiger partial charge in [-0.2, -0.15) is 0 Å². The zero-order valence-electron chi connectivity index (χ0n) is 15.1. The third-order valence-corrected chi connectivity index (χ3v) is 5.60. The van der Waals surface area contributed by atoms with Crippen molar-refractivity contribution >= 4 is 29.1 Å². The summed E-state index contributed by atoms with van der Waals surface area (Å²) >= 11 is 1.17. The first-order chi connectivity index (χ1) is 14.0. The van der Waals surface area contributed by atoms with Gasteiger partial charge in [-0.15, -0.1) is 0 Å². The molecule has 3 nitrogen and oxygen atoms in total. The zero-order valence-corrected chi connectivity index (χ0v) is 16.0. The average Bonchev–Trinajstić information content (AvgIpc) is 2.95. The van der Waals surface area contributed by atoms with Gasteiger partial charge in [0.1, 0.15) is 11.6 Å². The molecule has 1 aliphatic rings. The Morgan fingerprint density at radius 2 is 1.41 bits per heavy atom. The lowest BCUT2D eigenvalue weighted by Gasteiger charge is -2.15. The van der Waals surface area contributed by atoms with Crippen LogP contribution in [0.4, 0.5) is 8.78 Å². The van der Waals surface area contributed by atoms with Crippen molar-refractivity contribution in [3.05, 3.63) is 107 Å². The second-order valence-corrected chi connectivity index (χ2v) is 7.50. The molecule has 2 amide bonds. The fourth-order valence-electron chi connectivity index (χ4n) is 3.07. The van der Waals surface area contributed by atoms with E-state index >= 15 is 0 Å². The molecule has 0 spiro atoms. The number of halogens is 2. The van der Waals surface area contributed by atoms with E-state index in [-0.39, 0.29) is 22.6 Å². The molecule has 1 aliphatic heterocycles. The van der Waals surface area contributed by atoms with Gasteiger partial charge in [0.15, 0.2) is 0 Å². The van der Waals surface area contributed by atoms with Crippen molar-refractivity contribution in [2.75, 3.05) is 0 Å². The third kappa shape index (κ3) is 3.84. The smallest absolute Gasteiger partial charge is 0.268 e. The Hall–Kier alpha value is -3.25. The molecule has 0 saturated carbocycles. The molecule has 144 valence electrons. The highest BCUT2D eigenvalue weighted by Gasteiger charge is 2.39. The number of imide groups is 1. The SMILES string of the molecule is O=C1C(Sc2ccccc2)=C(c2ccc(F)cc2)C(=O)N1Cc1ccccc1F. The van der Waals surface area contributed by atoms with Crippen LogP contribution in [0.2, 0.25) is 0 Å². The fraction of sp³-hybridized carbons (Fsp3) is 0.0435. The molecule has 0 aromatic heterocycles. The molecule has 0 bridgehead atoms. The molecule has 0 saturated heterocycles. The van der Waals surface area contributed by atoms with Crippen LogP contribution in [0.1, 0.15) is 11.1 Å². The number of amides is 2. The quantitative estimate of drug-likeness (QED) is 0.556. The number of hydrogen-bond acceptors (Lipinski definition) is 3. The molecule has 1 heterocycles. The van der Waals surface area contributed by atoms with Crippen molar-refractivity contribution in [2.45, 2.75) is 11.4 Å². The Morgan fingerprint density at radius 3 is 2.10 bits per heavy atom. The van der Waals surface area contributed by atoms with Crippen LogP contribution in [0.5, 0.6) is 0 Å². The maximum atomic E-state index is 14.1. The van der Waals surface area contributed by atoms with Crippen LogP contribution in [0.25, 0.3) is 5.57 Å². The van der Waals surface area contributed by atoms with Gasteiger partial charge in [-0.25, -0.2) is 8.78 Å². The third-order valence-electron chi connectivity index (χ3n) is 4.51. The van der Waals surface area contributed by atoms with Gasteiger partial charge in [0, 0.05) is 10.5 Å². The number of rotatable bonds is 5. The van der Waals surface area contributed by atoms with Gasteiger partial charge in [-0.1, -0.05) is 60.3 Å². The fourth-order valence-corrected chi connectivity index (χ4v) is 4.10. The van der Waals surface area contributed by atoms with E-state index in [1.165, 1.54) is 48.2 Å². The number of nitrogens with zero attached hydrogens (tertiary/aromatic N) is 1. The Morgan fingerprint density at radius 1 is 0.759 bits per heavy atom. The summed E-state index contributed by atoms with van der Waals surface area (Å²) in [6, 6.07) is 20.6. The molecular weight excluding hydrogens is 392 g/mol. The lowest BCUT2D eigenvalue weighted by atomic mass is 10.1. The van der Waals surface area contributed by atoms with Crippen LogP contribution in [-0.2, 0) is 16.1 Å². The summed E-state index contributed by atoms with van der Waals surface area (Å²) in [4.78, 5) is 28.3. The first-order valence-electron chi connectivity index (χ1n) is 8.87. The summed E-state index contributed by atoms with van der Waals surface area (Å²) in [7, 11) is 0. The van der Waals surface area contributed by atoms with Gasteiger partial charge >= 0.3 is 0 Å². The van der Waals surface area contributed by atoms with Gasteiger partial charge < -0.3 is 0 Å². The molecule has 0 atom stereocenters. The predicted octanol–water partition coefficient (Wildman–Crippen LogP) is 5.04. The van der Waals surface area contributed by atoms with E-state index in [2.05, 4.69) is 0 Å². The van der Waals surface area contributed by atoms with Crippen LogP contribution < -0.4 is 0 Å². The van der Waals surface area contributed by atoms with Gasteiger partial charge in [-0.05, 0) is 35.9 Å². The summed E-state index contributed by atoms with van der Waals surface area (Å²) in [5, 5.41) is 0. The lowest BCUT2D eigenvalue weighted by molar-refractivity contribution is -0.137. The van der Waals surface area contributed by atoms with Crippen LogP contribution in [0.15, 0.2) is 88.7 Å². The molecule has 4 rings (SSSR count). The van der Waals surface area contributed by atoms with Crippen molar-refractivity contribution in [3.63, 3.8) is 0 Å². The highest BCUT2D eigenvalue weighted by molar-refractivity contribution is 8.04. The van der Waals surface area contributed by atoms with Gasteiger partial charge in [0.05, 0.1) is 17.0 Å². The number of hydrogen-bond donors (Lipinski definition) is 0. The van der Waals surface area contributed by atoms with Crippen molar-refractivity contribution in [2.24, 2.45) is 0 Å². The number of carbonyl (C=O) groups excluding carboxylic acids is 2. The maximum Gasteiger partial charge on any atom is 0.268 e. The average molecular weight is 407 g/mol. The summed E-state index contributed by atoms with van der Waals surface area (Å²) < 4.78 is 27.5. The summed E-state index contributed by atoms with van der Waals surface area (Å²) in [5.41, 5.74) is 0.887. The normalized spacial score (nSPS) is 14.1. The second kappa shape index (κ2) is 8.01. The second-order valence-electron chi connectivity index (χ2n) is 6.41. The zero-order chi connectivity index (χ0) is 20.4. The number of carbonyl (C=O) groups is 2. The minimum Gasteiger partial charge on any atom is -0.269 e. The molecule has 29 heavy (non-hydrogen) atoms. The van der Waals surface area contributed by atoms with Gasteiger partial charge in [0.25, 0.3) is 11.8 Å². The van der Waals surface area contributed by atoms with E-state index in [4.69, 9.17) is 0 Å². The highest BCUT2D eigenvalue weighted by Crippen LogP contribution is 2.40. The monoisotopic (exact) mass is 407 g/mol. The maximum absolute atomic E-state index is 14.1. The van der Waals surface area contributed by atoms with Crippen LogP contribution in [-0.4, -0.2) is 16.7 Å². The first kappa shape index (κ1) is 19.1. The van der Waals surface area contributed by atoms with Gasteiger partial charge in [0.2, 0.25) is 0 Å². The minimum absolute atomic E-state index is 0.173. The Kier molecular flexibility index (Phi) is 5.27. The summed E-state index contributed by atoms with van der Waals surface area (Å²) in [6.07, 6.45) is 0. The Labute approximate surface area is 170 Å². The van der Waals surface area contributed by atoms with Crippen LogP contribution in [0, 0.1) is 11.6 Å². The van der Waals surface area contributed by atoms with E-state index in [1.807, 2.05) is 30.3 Å². The van der Waals surface area contributed by atoms with Crippen LogP contribution in [0.3, 0.4) is 0 Å².